The Bertz CT molecular complexity index is 712. The van der Waals surface area contributed by atoms with Gasteiger partial charge in [0.05, 0.1) is 11.4 Å². The molecular formula is C19H19N. The highest BCUT2D eigenvalue weighted by Gasteiger charge is 2.10. The molecule has 1 aromatic heterocycles. The van der Waals surface area contributed by atoms with Crippen LogP contribution < -0.4 is 0 Å². The zero-order chi connectivity index (χ0) is 14.1. The predicted octanol–water partition coefficient (Wildman–Crippen LogP) is 5.07. The van der Waals surface area contributed by atoms with Gasteiger partial charge in [0.25, 0.3) is 0 Å². The average Bonchev–Trinajstić information content (AvgIpc) is 2.87. The first-order chi connectivity index (χ1) is 9.66. The molecule has 0 radical (unpaired) electrons. The summed E-state index contributed by atoms with van der Waals surface area (Å²) in [5.74, 6) is 0. The molecule has 0 unspecified atom stereocenters. The van der Waals surface area contributed by atoms with E-state index in [0.29, 0.717) is 0 Å². The molecular weight excluding hydrogens is 242 g/mol. The van der Waals surface area contributed by atoms with Crippen LogP contribution in [0.5, 0.6) is 0 Å². The second-order valence-electron chi connectivity index (χ2n) is 5.38. The molecule has 0 bridgehead atoms. The van der Waals surface area contributed by atoms with Crippen LogP contribution in [0.4, 0.5) is 0 Å². The third kappa shape index (κ3) is 2.16. The van der Waals surface area contributed by atoms with Crippen LogP contribution in [0.25, 0.3) is 16.9 Å². The fraction of sp³-hybridized carbons (Fsp3) is 0.158. The molecule has 0 fully saturated rings. The van der Waals surface area contributed by atoms with Gasteiger partial charge in [-0.15, -0.1) is 0 Å². The van der Waals surface area contributed by atoms with Gasteiger partial charge in [-0.3, -0.25) is 0 Å². The highest BCUT2D eigenvalue weighted by atomic mass is 15.0. The van der Waals surface area contributed by atoms with Crippen molar-refractivity contribution in [2.24, 2.45) is 0 Å². The van der Waals surface area contributed by atoms with Crippen LogP contribution in [0.1, 0.15) is 16.7 Å². The van der Waals surface area contributed by atoms with E-state index in [9.17, 15) is 0 Å². The average molecular weight is 261 g/mol. The van der Waals surface area contributed by atoms with Gasteiger partial charge >= 0.3 is 0 Å². The Balaban J connectivity index is 2.21. The first kappa shape index (κ1) is 12.7. The Morgan fingerprint density at radius 2 is 1.40 bits per heavy atom. The Kier molecular flexibility index (Phi) is 3.19. The van der Waals surface area contributed by atoms with Crippen LogP contribution in [-0.4, -0.2) is 4.57 Å². The maximum Gasteiger partial charge on any atom is 0.0528 e. The predicted molar refractivity (Wildman–Crippen MR) is 85.4 cm³/mol. The van der Waals surface area contributed by atoms with E-state index >= 15 is 0 Å². The van der Waals surface area contributed by atoms with Gasteiger partial charge in [-0.1, -0.05) is 48.0 Å². The lowest BCUT2D eigenvalue weighted by Gasteiger charge is -2.16. The first-order valence-electron chi connectivity index (χ1n) is 6.98. The van der Waals surface area contributed by atoms with E-state index in [0.717, 1.165) is 0 Å². The number of hydrogen-bond donors (Lipinski definition) is 0. The van der Waals surface area contributed by atoms with Crippen molar-refractivity contribution >= 4 is 0 Å². The van der Waals surface area contributed by atoms with E-state index in [4.69, 9.17) is 0 Å². The van der Waals surface area contributed by atoms with Crippen molar-refractivity contribution in [3.05, 3.63) is 77.5 Å². The molecule has 1 nitrogen and oxygen atoms in total. The minimum Gasteiger partial charge on any atom is -0.316 e. The molecule has 0 saturated heterocycles. The second kappa shape index (κ2) is 5.01. The van der Waals surface area contributed by atoms with E-state index in [1.165, 1.54) is 33.6 Å². The van der Waals surface area contributed by atoms with Gasteiger partial charge < -0.3 is 4.57 Å². The Hall–Kier alpha value is -2.28. The molecule has 0 spiro atoms. The molecule has 20 heavy (non-hydrogen) atoms. The maximum atomic E-state index is 2.29. The number of hydrogen-bond acceptors (Lipinski definition) is 0. The smallest absolute Gasteiger partial charge is 0.0528 e. The highest BCUT2D eigenvalue weighted by Crippen LogP contribution is 2.28. The fourth-order valence-corrected chi connectivity index (χ4v) is 2.97. The molecule has 100 valence electrons. The third-order valence-electron chi connectivity index (χ3n) is 3.69. The lowest BCUT2D eigenvalue weighted by molar-refractivity contribution is 1.04. The van der Waals surface area contributed by atoms with Gasteiger partial charge in [-0.05, 0) is 49.6 Å². The SMILES string of the molecule is Cc1cc(C)c(-n2cccc2-c2ccccc2)c(C)c1. The summed E-state index contributed by atoms with van der Waals surface area (Å²) in [6.07, 6.45) is 2.15. The van der Waals surface area contributed by atoms with Gasteiger partial charge in [-0.2, -0.15) is 0 Å². The van der Waals surface area contributed by atoms with Gasteiger partial charge in [0, 0.05) is 6.20 Å². The van der Waals surface area contributed by atoms with Crippen LogP contribution in [0.2, 0.25) is 0 Å². The number of rotatable bonds is 2. The van der Waals surface area contributed by atoms with Crippen molar-refractivity contribution in [1.29, 1.82) is 0 Å². The van der Waals surface area contributed by atoms with Crippen molar-refractivity contribution in [3.8, 4) is 16.9 Å². The second-order valence-corrected chi connectivity index (χ2v) is 5.38. The summed E-state index contributed by atoms with van der Waals surface area (Å²) in [6, 6.07) is 19.3. The summed E-state index contributed by atoms with van der Waals surface area (Å²) in [4.78, 5) is 0. The largest absolute Gasteiger partial charge is 0.316 e. The van der Waals surface area contributed by atoms with Gasteiger partial charge in [0.15, 0.2) is 0 Å². The molecule has 0 amide bonds. The van der Waals surface area contributed by atoms with Gasteiger partial charge in [0.2, 0.25) is 0 Å². The molecule has 0 aliphatic carbocycles. The normalized spacial score (nSPS) is 10.8. The third-order valence-corrected chi connectivity index (χ3v) is 3.69. The zero-order valence-corrected chi connectivity index (χ0v) is 12.2. The quantitative estimate of drug-likeness (QED) is 0.607. The topological polar surface area (TPSA) is 4.93 Å². The molecule has 0 atom stereocenters. The summed E-state index contributed by atoms with van der Waals surface area (Å²) in [6.45, 7) is 6.52. The highest BCUT2D eigenvalue weighted by molar-refractivity contribution is 5.65. The van der Waals surface area contributed by atoms with Crippen molar-refractivity contribution in [2.45, 2.75) is 20.8 Å². The monoisotopic (exact) mass is 261 g/mol. The lowest BCUT2D eigenvalue weighted by atomic mass is 10.0. The van der Waals surface area contributed by atoms with Crippen molar-refractivity contribution < 1.29 is 0 Å². The van der Waals surface area contributed by atoms with Crippen LogP contribution in [0.3, 0.4) is 0 Å². The molecule has 0 N–H and O–H groups in total. The zero-order valence-electron chi connectivity index (χ0n) is 12.2. The summed E-state index contributed by atoms with van der Waals surface area (Å²) in [5.41, 5.74) is 7.72. The van der Waals surface area contributed by atoms with Crippen LogP contribution in [0.15, 0.2) is 60.8 Å². The van der Waals surface area contributed by atoms with Crippen molar-refractivity contribution in [3.63, 3.8) is 0 Å². The first-order valence-corrected chi connectivity index (χ1v) is 6.98. The van der Waals surface area contributed by atoms with Crippen molar-refractivity contribution in [1.82, 2.24) is 4.57 Å². The molecule has 2 aromatic carbocycles. The molecule has 1 heteroatoms. The molecule has 0 saturated carbocycles. The summed E-state index contributed by atoms with van der Waals surface area (Å²) < 4.78 is 2.29. The van der Waals surface area contributed by atoms with Crippen LogP contribution in [-0.2, 0) is 0 Å². The number of benzene rings is 2. The van der Waals surface area contributed by atoms with Gasteiger partial charge in [0.1, 0.15) is 0 Å². The van der Waals surface area contributed by atoms with E-state index < -0.39 is 0 Å². The molecule has 3 rings (SSSR count). The standard InChI is InChI=1S/C19H19N/c1-14-12-15(2)19(16(3)13-14)20-11-7-10-18(20)17-8-5-4-6-9-17/h4-13H,1-3H3. The lowest BCUT2D eigenvalue weighted by Crippen LogP contribution is -2.01. The van der Waals surface area contributed by atoms with Crippen LogP contribution in [0, 0.1) is 20.8 Å². The van der Waals surface area contributed by atoms with E-state index in [-0.39, 0.29) is 0 Å². The maximum absolute atomic E-state index is 2.29. The summed E-state index contributed by atoms with van der Waals surface area (Å²) in [5, 5.41) is 0. The van der Waals surface area contributed by atoms with Crippen molar-refractivity contribution in [2.75, 3.05) is 0 Å². The van der Waals surface area contributed by atoms with Crippen LogP contribution >= 0.6 is 0 Å². The molecule has 3 aromatic rings. The minimum absolute atomic E-state index is 1.24. The number of aryl methyl sites for hydroxylation is 3. The fourth-order valence-electron chi connectivity index (χ4n) is 2.97. The van der Waals surface area contributed by atoms with E-state index in [2.05, 4.69) is 86.1 Å². The van der Waals surface area contributed by atoms with Gasteiger partial charge in [-0.25, -0.2) is 0 Å². The molecule has 0 aliphatic rings. The summed E-state index contributed by atoms with van der Waals surface area (Å²) >= 11 is 0. The Morgan fingerprint density at radius 3 is 2.05 bits per heavy atom. The molecule has 1 heterocycles. The summed E-state index contributed by atoms with van der Waals surface area (Å²) in [7, 11) is 0. The Labute approximate surface area is 120 Å². The number of aromatic nitrogens is 1. The number of nitrogens with zero attached hydrogens (tertiary/aromatic N) is 1. The minimum atomic E-state index is 1.24. The van der Waals surface area contributed by atoms with E-state index in [1.807, 2.05) is 0 Å². The Morgan fingerprint density at radius 1 is 0.750 bits per heavy atom. The molecule has 0 aliphatic heterocycles. The van der Waals surface area contributed by atoms with E-state index in [1.54, 1.807) is 0 Å².